The molecule has 0 aliphatic rings. The number of aromatic nitrogens is 3. The number of furan rings is 1. The minimum atomic E-state index is -0.102. The van der Waals surface area contributed by atoms with Gasteiger partial charge in [0.15, 0.2) is 0 Å². The smallest absolute Gasteiger partial charge is 0.255 e. The van der Waals surface area contributed by atoms with Crippen LogP contribution in [0.5, 0.6) is 0 Å². The molecule has 3 rings (SSSR count). The van der Waals surface area contributed by atoms with Gasteiger partial charge in [-0.2, -0.15) is 5.10 Å². The maximum atomic E-state index is 12.5. The van der Waals surface area contributed by atoms with Crippen LogP contribution in [0, 0.1) is 0 Å². The Labute approximate surface area is 128 Å². The van der Waals surface area contributed by atoms with Crippen molar-refractivity contribution in [2.75, 3.05) is 7.05 Å². The van der Waals surface area contributed by atoms with E-state index >= 15 is 0 Å². The highest BCUT2D eigenvalue weighted by atomic mass is 16.3. The summed E-state index contributed by atoms with van der Waals surface area (Å²) in [5.74, 6) is 0.641. The molecule has 0 aliphatic carbocycles. The maximum absolute atomic E-state index is 12.5. The van der Waals surface area contributed by atoms with Crippen molar-refractivity contribution in [2.24, 2.45) is 7.05 Å². The standard InChI is InChI=1S/C16H16N4O2/c1-19(11-15-4-3-5-22-15)16(21)13-6-12(7-17-8-13)14-9-18-20(2)10-14/h3-10H,11H2,1-2H3. The first-order valence-electron chi connectivity index (χ1n) is 6.85. The number of carbonyl (C=O) groups excluding carboxylic acids is 1. The number of hydrogen-bond donors (Lipinski definition) is 0. The van der Waals surface area contributed by atoms with Gasteiger partial charge in [-0.15, -0.1) is 0 Å². The fourth-order valence-corrected chi connectivity index (χ4v) is 2.21. The summed E-state index contributed by atoms with van der Waals surface area (Å²) < 4.78 is 6.98. The van der Waals surface area contributed by atoms with E-state index in [2.05, 4.69) is 10.1 Å². The van der Waals surface area contributed by atoms with E-state index in [0.717, 1.165) is 16.9 Å². The van der Waals surface area contributed by atoms with E-state index in [0.29, 0.717) is 12.1 Å². The first-order valence-corrected chi connectivity index (χ1v) is 6.85. The van der Waals surface area contributed by atoms with E-state index in [1.165, 1.54) is 0 Å². The van der Waals surface area contributed by atoms with Crippen LogP contribution in [0.15, 0.2) is 53.7 Å². The van der Waals surface area contributed by atoms with Gasteiger partial charge in [-0.3, -0.25) is 14.5 Å². The lowest BCUT2D eigenvalue weighted by Crippen LogP contribution is -2.26. The Morgan fingerprint density at radius 2 is 2.18 bits per heavy atom. The summed E-state index contributed by atoms with van der Waals surface area (Å²) in [4.78, 5) is 18.2. The van der Waals surface area contributed by atoms with Crippen LogP contribution < -0.4 is 0 Å². The molecule has 3 heterocycles. The van der Waals surface area contributed by atoms with E-state index in [4.69, 9.17) is 4.42 Å². The Bertz CT molecular complexity index is 777. The summed E-state index contributed by atoms with van der Waals surface area (Å²) in [5, 5.41) is 4.13. The predicted molar refractivity (Wildman–Crippen MR) is 80.9 cm³/mol. The van der Waals surface area contributed by atoms with Crippen LogP contribution in [-0.2, 0) is 13.6 Å². The summed E-state index contributed by atoms with van der Waals surface area (Å²) in [6.07, 6.45) is 8.52. The molecular formula is C16H16N4O2. The molecular weight excluding hydrogens is 280 g/mol. The van der Waals surface area contributed by atoms with Crippen LogP contribution in [0.25, 0.3) is 11.1 Å². The minimum Gasteiger partial charge on any atom is -0.467 e. The third-order valence-electron chi connectivity index (χ3n) is 3.34. The van der Waals surface area contributed by atoms with Gasteiger partial charge < -0.3 is 9.32 Å². The normalized spacial score (nSPS) is 10.6. The molecule has 0 N–H and O–H groups in total. The average molecular weight is 296 g/mol. The molecule has 6 heteroatoms. The summed E-state index contributed by atoms with van der Waals surface area (Å²) >= 11 is 0. The molecule has 6 nitrogen and oxygen atoms in total. The highest BCUT2D eigenvalue weighted by molar-refractivity contribution is 5.94. The van der Waals surface area contributed by atoms with Crippen LogP contribution in [0.1, 0.15) is 16.1 Å². The second-order valence-electron chi connectivity index (χ2n) is 5.11. The largest absolute Gasteiger partial charge is 0.467 e. The zero-order valence-corrected chi connectivity index (χ0v) is 12.4. The Kier molecular flexibility index (Phi) is 3.74. The number of aryl methyl sites for hydroxylation is 1. The van der Waals surface area contributed by atoms with Gasteiger partial charge in [0.1, 0.15) is 5.76 Å². The van der Waals surface area contributed by atoms with Gasteiger partial charge in [-0.1, -0.05) is 0 Å². The summed E-state index contributed by atoms with van der Waals surface area (Å²) in [5.41, 5.74) is 2.33. The quantitative estimate of drug-likeness (QED) is 0.741. The average Bonchev–Trinajstić information content (AvgIpc) is 3.18. The topological polar surface area (TPSA) is 64.2 Å². The summed E-state index contributed by atoms with van der Waals surface area (Å²) in [6, 6.07) is 5.47. The molecule has 0 bridgehead atoms. The number of hydrogen-bond acceptors (Lipinski definition) is 4. The highest BCUT2D eigenvalue weighted by Gasteiger charge is 2.14. The van der Waals surface area contributed by atoms with Crippen molar-refractivity contribution in [3.63, 3.8) is 0 Å². The molecule has 1 amide bonds. The lowest BCUT2D eigenvalue weighted by Gasteiger charge is -2.15. The first kappa shape index (κ1) is 14.1. The fourth-order valence-electron chi connectivity index (χ4n) is 2.21. The molecule has 0 spiro atoms. The number of nitrogens with zero attached hydrogens (tertiary/aromatic N) is 4. The number of carbonyl (C=O) groups is 1. The van der Waals surface area contributed by atoms with Gasteiger partial charge in [-0.25, -0.2) is 0 Å². The summed E-state index contributed by atoms with van der Waals surface area (Å²) in [6.45, 7) is 0.420. The van der Waals surface area contributed by atoms with Gasteiger partial charge in [0.05, 0.1) is 24.6 Å². The van der Waals surface area contributed by atoms with Crippen LogP contribution >= 0.6 is 0 Å². The third kappa shape index (κ3) is 2.90. The zero-order chi connectivity index (χ0) is 15.5. The van der Waals surface area contributed by atoms with E-state index in [9.17, 15) is 4.79 Å². The zero-order valence-electron chi connectivity index (χ0n) is 12.4. The van der Waals surface area contributed by atoms with Crippen LogP contribution in [0.2, 0.25) is 0 Å². The molecule has 0 saturated heterocycles. The van der Waals surface area contributed by atoms with Crippen LogP contribution in [0.3, 0.4) is 0 Å². The van der Waals surface area contributed by atoms with Gasteiger partial charge in [0, 0.05) is 43.8 Å². The van der Waals surface area contributed by atoms with E-state index in [1.807, 2.05) is 25.4 Å². The number of amides is 1. The second kappa shape index (κ2) is 5.85. The van der Waals surface area contributed by atoms with Crippen molar-refractivity contribution in [3.05, 3.63) is 60.6 Å². The molecule has 22 heavy (non-hydrogen) atoms. The Morgan fingerprint density at radius 1 is 1.32 bits per heavy atom. The third-order valence-corrected chi connectivity index (χ3v) is 3.34. The van der Waals surface area contributed by atoms with Crippen molar-refractivity contribution < 1.29 is 9.21 Å². The first-order chi connectivity index (χ1) is 10.6. The monoisotopic (exact) mass is 296 g/mol. The van der Waals surface area contributed by atoms with Crippen LogP contribution in [0.4, 0.5) is 0 Å². The molecule has 0 aliphatic heterocycles. The molecule has 0 saturated carbocycles. The molecule has 3 aromatic heterocycles. The van der Waals surface area contributed by atoms with E-state index < -0.39 is 0 Å². The lowest BCUT2D eigenvalue weighted by atomic mass is 10.1. The Hall–Kier alpha value is -2.89. The Morgan fingerprint density at radius 3 is 2.86 bits per heavy atom. The molecule has 0 aromatic carbocycles. The lowest BCUT2D eigenvalue weighted by molar-refractivity contribution is 0.0775. The number of pyridine rings is 1. The number of rotatable bonds is 4. The maximum Gasteiger partial charge on any atom is 0.255 e. The van der Waals surface area contributed by atoms with E-state index in [-0.39, 0.29) is 5.91 Å². The van der Waals surface area contributed by atoms with Crippen molar-refractivity contribution >= 4 is 5.91 Å². The Balaban J connectivity index is 1.80. The summed E-state index contributed by atoms with van der Waals surface area (Å²) in [7, 11) is 3.59. The van der Waals surface area contributed by atoms with Crippen molar-refractivity contribution in [1.29, 1.82) is 0 Å². The predicted octanol–water partition coefficient (Wildman–Crippen LogP) is 2.35. The van der Waals surface area contributed by atoms with Gasteiger partial charge >= 0.3 is 0 Å². The SMILES string of the molecule is CN(Cc1ccco1)C(=O)c1cncc(-c2cnn(C)c2)c1. The van der Waals surface area contributed by atoms with Crippen molar-refractivity contribution in [2.45, 2.75) is 6.54 Å². The molecule has 0 radical (unpaired) electrons. The van der Waals surface area contributed by atoms with E-state index in [1.54, 1.807) is 47.5 Å². The fraction of sp³-hybridized carbons (Fsp3) is 0.188. The van der Waals surface area contributed by atoms with Crippen LogP contribution in [-0.4, -0.2) is 32.6 Å². The highest BCUT2D eigenvalue weighted by Crippen LogP contribution is 2.19. The van der Waals surface area contributed by atoms with Crippen molar-refractivity contribution in [3.8, 4) is 11.1 Å². The molecule has 0 unspecified atom stereocenters. The molecule has 0 atom stereocenters. The minimum absolute atomic E-state index is 0.102. The second-order valence-corrected chi connectivity index (χ2v) is 5.11. The molecule has 112 valence electrons. The van der Waals surface area contributed by atoms with Gasteiger partial charge in [0.2, 0.25) is 0 Å². The van der Waals surface area contributed by atoms with Crippen molar-refractivity contribution in [1.82, 2.24) is 19.7 Å². The van der Waals surface area contributed by atoms with Gasteiger partial charge in [0.25, 0.3) is 5.91 Å². The molecule has 3 aromatic rings. The molecule has 0 fully saturated rings. The van der Waals surface area contributed by atoms with Gasteiger partial charge in [-0.05, 0) is 18.2 Å².